The van der Waals surface area contributed by atoms with Gasteiger partial charge in [0.05, 0.1) is 11.7 Å². The summed E-state index contributed by atoms with van der Waals surface area (Å²) in [6.07, 6.45) is 14.7. The molecule has 0 aliphatic heterocycles. The van der Waals surface area contributed by atoms with Crippen LogP contribution < -0.4 is 0 Å². The van der Waals surface area contributed by atoms with Crippen LogP contribution in [0.3, 0.4) is 0 Å². The maximum absolute atomic E-state index is 12.3. The van der Waals surface area contributed by atoms with Gasteiger partial charge >= 0.3 is 0 Å². The Hall–Kier alpha value is -2.23. The lowest BCUT2D eigenvalue weighted by molar-refractivity contribution is -0.0354. The first kappa shape index (κ1) is 20.4. The Bertz CT molecular complexity index is 1190. The Balaban J connectivity index is 1.42. The summed E-state index contributed by atoms with van der Waals surface area (Å²) >= 11 is 0. The molecule has 0 spiro atoms. The fraction of sp³-hybridized carbons (Fsp3) is 0.483. The average Bonchev–Trinajstić information content (AvgIpc) is 3.05. The number of benzene rings is 1. The third kappa shape index (κ3) is 2.90. The summed E-state index contributed by atoms with van der Waals surface area (Å²) in [6.45, 7) is 4.59. The molecular formula is C29H33NO2. The number of fused-ring (bicyclic) bond motifs is 5. The molecule has 2 aromatic rings. The van der Waals surface area contributed by atoms with Crippen molar-refractivity contribution in [2.75, 3.05) is 0 Å². The van der Waals surface area contributed by atoms with E-state index in [1.165, 1.54) is 33.1 Å². The lowest BCUT2D eigenvalue weighted by atomic mass is 9.56. The van der Waals surface area contributed by atoms with E-state index in [1.54, 1.807) is 0 Å². The van der Waals surface area contributed by atoms with Gasteiger partial charge in [-0.05, 0) is 92.0 Å². The number of rotatable bonds is 1. The van der Waals surface area contributed by atoms with Gasteiger partial charge in [-0.3, -0.25) is 4.98 Å². The van der Waals surface area contributed by atoms with E-state index < -0.39 is 5.60 Å². The highest BCUT2D eigenvalue weighted by Crippen LogP contribution is 2.63. The van der Waals surface area contributed by atoms with Crippen LogP contribution in [0.25, 0.3) is 16.3 Å². The van der Waals surface area contributed by atoms with E-state index in [2.05, 4.69) is 55.2 Å². The minimum Gasteiger partial charge on any atom is -0.393 e. The van der Waals surface area contributed by atoms with E-state index in [4.69, 9.17) is 0 Å². The van der Waals surface area contributed by atoms with Crippen LogP contribution in [-0.4, -0.2) is 26.9 Å². The van der Waals surface area contributed by atoms with Crippen LogP contribution in [0.1, 0.15) is 64.4 Å². The molecule has 32 heavy (non-hydrogen) atoms. The van der Waals surface area contributed by atoms with Gasteiger partial charge in [-0.15, -0.1) is 0 Å². The number of aliphatic hydroxyl groups excluding tert-OH is 1. The molecule has 0 bridgehead atoms. The van der Waals surface area contributed by atoms with Gasteiger partial charge in [0, 0.05) is 29.1 Å². The molecule has 4 unspecified atom stereocenters. The van der Waals surface area contributed by atoms with E-state index in [1.807, 2.05) is 12.4 Å². The summed E-state index contributed by atoms with van der Waals surface area (Å²) in [7, 11) is 0. The second-order valence-electron chi connectivity index (χ2n) is 10.9. The zero-order valence-electron chi connectivity index (χ0n) is 19.1. The molecule has 4 aliphatic carbocycles. The number of aromatic nitrogens is 1. The predicted octanol–water partition coefficient (Wildman–Crippen LogP) is 5.98. The van der Waals surface area contributed by atoms with Crippen LogP contribution in [0.4, 0.5) is 0 Å². The topological polar surface area (TPSA) is 53.4 Å². The molecule has 6 rings (SSSR count). The van der Waals surface area contributed by atoms with E-state index in [-0.39, 0.29) is 17.4 Å². The number of hydrogen-bond donors (Lipinski definition) is 2. The summed E-state index contributed by atoms with van der Waals surface area (Å²) in [5.41, 5.74) is 5.61. The second-order valence-corrected chi connectivity index (χ2v) is 10.9. The van der Waals surface area contributed by atoms with Crippen molar-refractivity contribution >= 4 is 16.3 Å². The first-order valence-electron chi connectivity index (χ1n) is 12.2. The molecule has 0 radical (unpaired) electrons. The Morgan fingerprint density at radius 1 is 1.09 bits per heavy atom. The van der Waals surface area contributed by atoms with Gasteiger partial charge in [-0.25, -0.2) is 0 Å². The molecule has 0 amide bonds. The fourth-order valence-electron chi connectivity index (χ4n) is 7.52. The maximum Gasteiger partial charge on any atom is 0.0935 e. The zero-order chi connectivity index (χ0) is 22.1. The molecular weight excluding hydrogens is 394 g/mol. The van der Waals surface area contributed by atoms with Crippen molar-refractivity contribution in [3.05, 3.63) is 71.1 Å². The third-order valence-corrected chi connectivity index (χ3v) is 9.08. The molecule has 3 nitrogen and oxygen atoms in total. The molecule has 0 saturated heterocycles. The average molecular weight is 428 g/mol. The van der Waals surface area contributed by atoms with Crippen LogP contribution in [0, 0.1) is 17.3 Å². The van der Waals surface area contributed by atoms with Gasteiger partial charge in [0.15, 0.2) is 0 Å². The first-order chi connectivity index (χ1) is 15.4. The molecule has 2 N–H and O–H groups in total. The van der Waals surface area contributed by atoms with Crippen LogP contribution in [0.15, 0.2) is 65.5 Å². The molecule has 3 heteroatoms. The summed E-state index contributed by atoms with van der Waals surface area (Å²) in [5, 5.41) is 25.0. The number of pyridine rings is 1. The number of aliphatic hydroxyl groups is 2. The quantitative estimate of drug-likeness (QED) is 0.589. The van der Waals surface area contributed by atoms with Crippen molar-refractivity contribution in [2.45, 2.75) is 70.5 Å². The van der Waals surface area contributed by atoms with Gasteiger partial charge in [0.1, 0.15) is 0 Å². The third-order valence-electron chi connectivity index (χ3n) is 9.08. The minimum absolute atomic E-state index is 0.0776. The second kappa shape index (κ2) is 7.13. The smallest absolute Gasteiger partial charge is 0.0935 e. The standard InChI is InChI=1S/C29H33NO2/c1-18-16-28(2)25(21-4-3-20-10-12-30-17-23(20)13-21)7-8-27(28)29(32)11-9-19-5-6-24(31)14-22(19)15-26(18)29/h3-4,7,10,12-13,15,17,19,24,27,31-32H,5-6,8-9,11,14,16H2,1-2H3/t19?,24?,27?,28?,29-/m1/s1. The largest absolute Gasteiger partial charge is 0.393 e. The predicted molar refractivity (Wildman–Crippen MR) is 129 cm³/mol. The summed E-state index contributed by atoms with van der Waals surface area (Å²) in [6, 6.07) is 8.77. The minimum atomic E-state index is -0.789. The van der Waals surface area contributed by atoms with Gasteiger partial charge in [0.25, 0.3) is 0 Å². The Labute approximate surface area is 190 Å². The normalized spacial score (nSPS) is 36.7. The van der Waals surface area contributed by atoms with E-state index in [0.29, 0.717) is 5.92 Å². The summed E-state index contributed by atoms with van der Waals surface area (Å²) in [5.74, 6) is 0.705. The van der Waals surface area contributed by atoms with Gasteiger partial charge in [-0.2, -0.15) is 0 Å². The molecule has 1 aromatic heterocycles. The van der Waals surface area contributed by atoms with Crippen molar-refractivity contribution in [1.82, 2.24) is 4.98 Å². The molecule has 1 saturated carbocycles. The lowest BCUT2D eigenvalue weighted by Crippen LogP contribution is -2.49. The zero-order valence-corrected chi connectivity index (χ0v) is 19.1. The summed E-state index contributed by atoms with van der Waals surface area (Å²) < 4.78 is 0. The van der Waals surface area contributed by atoms with Crippen molar-refractivity contribution < 1.29 is 10.2 Å². The molecule has 5 atom stereocenters. The highest BCUT2D eigenvalue weighted by atomic mass is 16.3. The van der Waals surface area contributed by atoms with Crippen molar-refractivity contribution in [2.24, 2.45) is 17.3 Å². The highest BCUT2D eigenvalue weighted by Gasteiger charge is 2.57. The Morgan fingerprint density at radius 2 is 1.97 bits per heavy atom. The molecule has 166 valence electrons. The highest BCUT2D eigenvalue weighted by molar-refractivity contribution is 5.87. The van der Waals surface area contributed by atoms with Crippen molar-refractivity contribution in [3.63, 3.8) is 0 Å². The van der Waals surface area contributed by atoms with Crippen molar-refractivity contribution in [3.8, 4) is 0 Å². The van der Waals surface area contributed by atoms with Gasteiger partial charge < -0.3 is 10.2 Å². The van der Waals surface area contributed by atoms with Crippen LogP contribution >= 0.6 is 0 Å². The Morgan fingerprint density at radius 3 is 2.84 bits per heavy atom. The van der Waals surface area contributed by atoms with E-state index in [9.17, 15) is 10.2 Å². The van der Waals surface area contributed by atoms with Gasteiger partial charge in [0.2, 0.25) is 0 Å². The molecule has 1 fully saturated rings. The fourth-order valence-corrected chi connectivity index (χ4v) is 7.52. The van der Waals surface area contributed by atoms with Crippen LogP contribution in [0.2, 0.25) is 0 Å². The Kier molecular flexibility index (Phi) is 4.54. The number of allylic oxidation sites excluding steroid dienone is 3. The summed E-state index contributed by atoms with van der Waals surface area (Å²) in [4.78, 5) is 4.32. The van der Waals surface area contributed by atoms with Crippen LogP contribution in [0.5, 0.6) is 0 Å². The molecule has 1 heterocycles. The SMILES string of the molecule is CC1=C2C=C3CC(O)CCC3CC[C@]2(O)C2CC=C(c3ccc4ccncc4c3)C2(C)C1. The lowest BCUT2D eigenvalue weighted by Gasteiger charge is -2.50. The molecule has 4 aliphatic rings. The van der Waals surface area contributed by atoms with Gasteiger partial charge in [-0.1, -0.05) is 42.4 Å². The van der Waals surface area contributed by atoms with E-state index >= 15 is 0 Å². The maximum atomic E-state index is 12.3. The van der Waals surface area contributed by atoms with Crippen LogP contribution in [-0.2, 0) is 0 Å². The molecule has 1 aromatic carbocycles. The van der Waals surface area contributed by atoms with Crippen molar-refractivity contribution in [1.29, 1.82) is 0 Å². The van der Waals surface area contributed by atoms with E-state index in [0.717, 1.165) is 50.5 Å². The monoisotopic (exact) mass is 427 g/mol. The number of nitrogens with zero attached hydrogens (tertiary/aromatic N) is 1. The first-order valence-corrected chi connectivity index (χ1v) is 12.2. The number of hydrogen-bond acceptors (Lipinski definition) is 3.